The maximum Gasteiger partial charge on any atom is 0.0352 e. The molecule has 0 amide bonds. The van der Waals surface area contributed by atoms with E-state index in [1.54, 1.807) is 0 Å². The normalized spacial score (nSPS) is 11.7. The summed E-state index contributed by atoms with van der Waals surface area (Å²) >= 11 is 0. The highest BCUT2D eigenvalue weighted by atomic mass is 14.3. The molecule has 0 heterocycles. The molecule has 0 heteroatoms. The minimum atomic E-state index is 0.383. The van der Waals surface area contributed by atoms with Gasteiger partial charge in [0, 0.05) is 5.92 Å². The first kappa shape index (κ1) is 35.8. The Kier molecular flexibility index (Phi) is 9.80. The molecule has 59 heavy (non-hydrogen) atoms. The Morgan fingerprint density at radius 1 is 0.220 bits per heavy atom. The third kappa shape index (κ3) is 6.96. The molecule has 0 N–H and O–H groups in total. The lowest BCUT2D eigenvalue weighted by Gasteiger charge is -2.18. The first-order chi connectivity index (χ1) is 29.3. The Morgan fingerprint density at radius 3 is 1.32 bits per heavy atom. The van der Waals surface area contributed by atoms with Crippen LogP contribution >= 0.6 is 0 Å². The molecular weight excluding hydrogens is 709 g/mol. The number of hydrogen-bond donors (Lipinski definition) is 0. The number of rotatable bonds is 3. The van der Waals surface area contributed by atoms with Gasteiger partial charge in [0.2, 0.25) is 0 Å². The smallest absolute Gasteiger partial charge is 0.0352 e. The van der Waals surface area contributed by atoms with E-state index in [-0.39, 0.29) is 0 Å². The predicted molar refractivity (Wildman–Crippen MR) is 253 cm³/mol. The van der Waals surface area contributed by atoms with Crippen molar-refractivity contribution < 1.29 is 0 Å². The van der Waals surface area contributed by atoms with Crippen LogP contribution in [0.3, 0.4) is 0 Å². The van der Waals surface area contributed by atoms with Crippen LogP contribution in [-0.4, -0.2) is 0 Å². The molecule has 278 valence electrons. The Hall–Kier alpha value is -7.54. The summed E-state index contributed by atoms with van der Waals surface area (Å²) in [6, 6.07) is 88.9. The largest absolute Gasteiger partial charge is 0.0623 e. The maximum atomic E-state index is 2.35. The summed E-state index contributed by atoms with van der Waals surface area (Å²) in [5, 5.41) is 10.2. The van der Waals surface area contributed by atoms with Crippen LogP contribution in [0.2, 0.25) is 0 Å². The molecule has 0 aliphatic heterocycles. The summed E-state index contributed by atoms with van der Waals surface area (Å²) in [5.74, 6) is 0.383. The second-order valence-corrected chi connectivity index (χ2v) is 15.1. The van der Waals surface area contributed by atoms with Gasteiger partial charge in [-0.25, -0.2) is 0 Å². The Morgan fingerprint density at radius 2 is 0.661 bits per heavy atom. The average Bonchev–Trinajstić information content (AvgIpc) is 3.66. The molecule has 0 fully saturated rings. The molecule has 0 unspecified atom stereocenters. The predicted octanol–water partition coefficient (Wildman–Crippen LogP) is 16.2. The van der Waals surface area contributed by atoms with Crippen LogP contribution < -0.4 is 0 Å². The van der Waals surface area contributed by atoms with Gasteiger partial charge in [-0.1, -0.05) is 237 Å². The van der Waals surface area contributed by atoms with Crippen molar-refractivity contribution in [2.24, 2.45) is 0 Å². The van der Waals surface area contributed by atoms with Gasteiger partial charge in [0.15, 0.2) is 0 Å². The Balaban J connectivity index is 0.000000140. The van der Waals surface area contributed by atoms with E-state index < -0.39 is 0 Å². The molecule has 1 aliphatic rings. The number of fused-ring (bicyclic) bond motifs is 7. The molecule has 0 radical (unpaired) electrons. The monoisotopic (exact) mass is 750 g/mol. The van der Waals surface area contributed by atoms with E-state index in [4.69, 9.17) is 0 Å². The highest BCUT2D eigenvalue weighted by Gasteiger charge is 2.28. The third-order valence-electron chi connectivity index (χ3n) is 11.7. The number of benzene rings is 11. The minimum Gasteiger partial charge on any atom is -0.0623 e. The Bertz CT molecular complexity index is 3140. The lowest BCUT2D eigenvalue weighted by atomic mass is 9.86. The molecule has 0 spiro atoms. The lowest BCUT2D eigenvalue weighted by molar-refractivity contribution is 1.02. The molecule has 11 aromatic carbocycles. The van der Waals surface area contributed by atoms with Crippen molar-refractivity contribution in [3.8, 4) is 33.4 Å². The maximum absolute atomic E-state index is 2.35. The quantitative estimate of drug-likeness (QED) is 0.158. The summed E-state index contributed by atoms with van der Waals surface area (Å²) in [6.07, 6.45) is 0. The second kappa shape index (κ2) is 16.1. The zero-order valence-corrected chi connectivity index (χ0v) is 32.7. The fourth-order valence-corrected chi connectivity index (χ4v) is 8.98. The zero-order chi connectivity index (χ0) is 39.4. The molecule has 0 atom stereocenters. The first-order valence-corrected chi connectivity index (χ1v) is 20.5. The van der Waals surface area contributed by atoms with Crippen LogP contribution in [-0.2, 0) is 0 Å². The van der Waals surface area contributed by atoms with Gasteiger partial charge in [0.1, 0.15) is 0 Å². The van der Waals surface area contributed by atoms with Crippen LogP contribution in [0.25, 0.3) is 76.5 Å². The first-order valence-electron chi connectivity index (χ1n) is 20.5. The fourth-order valence-electron chi connectivity index (χ4n) is 8.98. The van der Waals surface area contributed by atoms with Gasteiger partial charge >= 0.3 is 0 Å². The van der Waals surface area contributed by atoms with Crippen molar-refractivity contribution in [2.45, 2.75) is 5.92 Å². The van der Waals surface area contributed by atoms with Crippen LogP contribution in [0.1, 0.15) is 22.6 Å². The van der Waals surface area contributed by atoms with Crippen LogP contribution in [0, 0.1) is 0 Å². The van der Waals surface area contributed by atoms with Gasteiger partial charge in [0.05, 0.1) is 0 Å². The van der Waals surface area contributed by atoms with Crippen molar-refractivity contribution in [2.75, 3.05) is 0 Å². The lowest BCUT2D eigenvalue weighted by Crippen LogP contribution is -1.98. The molecule has 0 saturated heterocycles. The van der Waals surface area contributed by atoms with Crippen molar-refractivity contribution in [1.82, 2.24) is 0 Å². The van der Waals surface area contributed by atoms with Gasteiger partial charge < -0.3 is 0 Å². The summed E-state index contributed by atoms with van der Waals surface area (Å²) in [6.45, 7) is 0. The van der Waals surface area contributed by atoms with E-state index in [1.807, 2.05) is 36.4 Å². The Labute approximate surface area is 346 Å². The van der Waals surface area contributed by atoms with Gasteiger partial charge in [0.25, 0.3) is 0 Å². The minimum absolute atomic E-state index is 0.383. The van der Waals surface area contributed by atoms with E-state index in [2.05, 4.69) is 212 Å². The second-order valence-electron chi connectivity index (χ2n) is 15.1. The van der Waals surface area contributed by atoms with Crippen LogP contribution in [0.4, 0.5) is 0 Å². The summed E-state index contributed by atoms with van der Waals surface area (Å²) in [4.78, 5) is 0. The van der Waals surface area contributed by atoms with Gasteiger partial charge in [-0.05, 0) is 105 Å². The molecular formula is C59H42. The van der Waals surface area contributed by atoms with E-state index in [0.29, 0.717) is 5.92 Å². The van der Waals surface area contributed by atoms with Crippen molar-refractivity contribution in [3.05, 3.63) is 265 Å². The molecule has 0 saturated carbocycles. The summed E-state index contributed by atoms with van der Waals surface area (Å²) in [7, 11) is 0. The topological polar surface area (TPSA) is 0 Å². The van der Waals surface area contributed by atoms with Gasteiger partial charge in [-0.3, -0.25) is 0 Å². The highest BCUT2D eigenvalue weighted by Crippen LogP contribution is 2.48. The molecule has 11 aromatic rings. The van der Waals surface area contributed by atoms with Crippen LogP contribution in [0.15, 0.2) is 249 Å². The standard InChI is InChI=1S/C34H22.C19H14.C6H6/c1-2-12-26-22-33-27(21-25(26)11-1)14-8-17-30(33)32-20-19-24-10-4-6-16-29(24)34(32)31-18-7-13-23-9-3-5-15-28(23)31;1-2-8-14(9-3-1)19-17-12-6-4-10-15(17)16-11-5-7-13-18(16)19;1-2-4-6-5-3-1/h1-22H;1-13,19H;1-6H. The summed E-state index contributed by atoms with van der Waals surface area (Å²) < 4.78 is 0. The summed E-state index contributed by atoms with van der Waals surface area (Å²) in [5.41, 5.74) is 12.1. The van der Waals surface area contributed by atoms with Crippen molar-refractivity contribution in [1.29, 1.82) is 0 Å². The van der Waals surface area contributed by atoms with E-state index in [1.165, 1.54) is 93.2 Å². The SMILES string of the molecule is c1ccc(C2c3ccccc3-c3ccccc32)cc1.c1ccc2cc3c(-c4ccc5ccccc5c4-c4cccc5ccccc45)cccc3cc2c1.c1ccccc1. The van der Waals surface area contributed by atoms with E-state index in [9.17, 15) is 0 Å². The van der Waals surface area contributed by atoms with Crippen molar-refractivity contribution in [3.63, 3.8) is 0 Å². The van der Waals surface area contributed by atoms with Crippen LogP contribution in [0.5, 0.6) is 0 Å². The van der Waals surface area contributed by atoms with Gasteiger partial charge in [-0.2, -0.15) is 0 Å². The van der Waals surface area contributed by atoms with Crippen molar-refractivity contribution >= 4 is 43.1 Å². The molecule has 0 bridgehead atoms. The van der Waals surface area contributed by atoms with E-state index in [0.717, 1.165) is 0 Å². The van der Waals surface area contributed by atoms with E-state index >= 15 is 0 Å². The molecule has 0 nitrogen and oxygen atoms in total. The zero-order valence-electron chi connectivity index (χ0n) is 32.7. The average molecular weight is 751 g/mol. The number of hydrogen-bond acceptors (Lipinski definition) is 0. The fraction of sp³-hybridized carbons (Fsp3) is 0.0169. The molecule has 0 aromatic heterocycles. The molecule has 1 aliphatic carbocycles. The highest BCUT2D eigenvalue weighted by molar-refractivity contribution is 6.14. The molecule has 12 rings (SSSR count). The third-order valence-corrected chi connectivity index (χ3v) is 11.7. The van der Waals surface area contributed by atoms with Gasteiger partial charge in [-0.15, -0.1) is 0 Å².